The number of anilines is 1. The molecule has 0 bridgehead atoms. The van der Waals surface area contributed by atoms with Crippen LogP contribution < -0.4 is 10.6 Å². The van der Waals surface area contributed by atoms with E-state index in [0.717, 1.165) is 18.7 Å². The minimum atomic E-state index is -0.424. The van der Waals surface area contributed by atoms with Gasteiger partial charge in [-0.15, -0.1) is 0 Å². The van der Waals surface area contributed by atoms with Crippen molar-refractivity contribution in [3.05, 3.63) is 46.4 Å². The van der Waals surface area contributed by atoms with Crippen LogP contribution in [0.25, 0.3) is 0 Å². The lowest BCUT2D eigenvalue weighted by Gasteiger charge is -2.34. The highest BCUT2D eigenvalue weighted by molar-refractivity contribution is 6.00. The van der Waals surface area contributed by atoms with Crippen LogP contribution in [0.2, 0.25) is 0 Å². The van der Waals surface area contributed by atoms with Crippen molar-refractivity contribution in [1.82, 2.24) is 19.2 Å². The smallest absolute Gasteiger partial charge is 0.342 e. The van der Waals surface area contributed by atoms with Gasteiger partial charge in [0.05, 0.1) is 5.92 Å². The maximum Gasteiger partial charge on any atom is 0.345 e. The molecule has 1 aromatic carbocycles. The highest BCUT2D eigenvalue weighted by Crippen LogP contribution is 2.30. The Morgan fingerprint density at radius 3 is 2.55 bits per heavy atom. The fraction of sp³-hybridized carbons (Fsp3) is 0.545. The van der Waals surface area contributed by atoms with Gasteiger partial charge in [0.2, 0.25) is 11.8 Å². The Labute approximate surface area is 180 Å². The van der Waals surface area contributed by atoms with Crippen LogP contribution in [0, 0.1) is 11.7 Å². The first-order valence-corrected chi connectivity index (χ1v) is 10.8. The van der Waals surface area contributed by atoms with Crippen molar-refractivity contribution in [3.8, 4) is 0 Å². The Morgan fingerprint density at radius 2 is 1.87 bits per heavy atom. The third kappa shape index (κ3) is 4.00. The summed E-state index contributed by atoms with van der Waals surface area (Å²) in [6.07, 6.45) is 1.83. The number of aromatic nitrogens is 3. The van der Waals surface area contributed by atoms with Gasteiger partial charge in [0, 0.05) is 50.7 Å². The van der Waals surface area contributed by atoms with Crippen LogP contribution >= 0.6 is 0 Å². The molecule has 2 aliphatic rings. The molecule has 1 aromatic heterocycles. The molecule has 9 heteroatoms. The number of carbonyl (C=O) groups is 2. The summed E-state index contributed by atoms with van der Waals surface area (Å²) in [7, 11) is 1.64. The van der Waals surface area contributed by atoms with Gasteiger partial charge in [-0.25, -0.2) is 13.9 Å². The summed E-state index contributed by atoms with van der Waals surface area (Å²) >= 11 is 0. The van der Waals surface area contributed by atoms with Crippen LogP contribution in [0.3, 0.4) is 0 Å². The van der Waals surface area contributed by atoms with E-state index in [-0.39, 0.29) is 41.7 Å². The summed E-state index contributed by atoms with van der Waals surface area (Å²) < 4.78 is 16.3. The molecular weight excluding hydrogens is 401 g/mol. The number of hydrogen-bond donors (Lipinski definition) is 0. The Bertz CT molecular complexity index is 1040. The average molecular weight is 429 g/mol. The molecule has 2 fully saturated rings. The van der Waals surface area contributed by atoms with Crippen LogP contribution in [0.4, 0.5) is 10.1 Å². The molecule has 3 heterocycles. The number of likely N-dealkylation sites (tertiary alicyclic amines) is 1. The maximum atomic E-state index is 13.2. The Balaban J connectivity index is 1.49. The third-order valence-electron chi connectivity index (χ3n) is 6.21. The van der Waals surface area contributed by atoms with Gasteiger partial charge >= 0.3 is 5.69 Å². The summed E-state index contributed by atoms with van der Waals surface area (Å²) in [4.78, 5) is 41.6. The number of rotatable bonds is 4. The first kappa shape index (κ1) is 21.3. The monoisotopic (exact) mass is 429 g/mol. The van der Waals surface area contributed by atoms with E-state index in [1.54, 1.807) is 28.6 Å². The molecule has 2 unspecified atom stereocenters. The number of hydrogen-bond acceptors (Lipinski definition) is 4. The first-order chi connectivity index (χ1) is 14.8. The second-order valence-corrected chi connectivity index (χ2v) is 8.73. The summed E-state index contributed by atoms with van der Waals surface area (Å²) in [5.41, 5.74) is 0.456. The van der Waals surface area contributed by atoms with E-state index in [2.05, 4.69) is 5.10 Å². The van der Waals surface area contributed by atoms with Crippen molar-refractivity contribution < 1.29 is 14.0 Å². The molecule has 2 aromatic rings. The van der Waals surface area contributed by atoms with E-state index in [4.69, 9.17) is 0 Å². The Kier molecular flexibility index (Phi) is 5.68. The van der Waals surface area contributed by atoms with Crippen molar-refractivity contribution in [2.24, 2.45) is 13.0 Å². The van der Waals surface area contributed by atoms with Gasteiger partial charge in [-0.2, -0.15) is 5.10 Å². The van der Waals surface area contributed by atoms with Crippen molar-refractivity contribution >= 4 is 17.5 Å². The van der Waals surface area contributed by atoms with Crippen LogP contribution in [0.5, 0.6) is 0 Å². The zero-order chi connectivity index (χ0) is 22.3. The highest BCUT2D eigenvalue weighted by atomic mass is 19.1. The number of aryl methyl sites for hydroxylation is 1. The van der Waals surface area contributed by atoms with Gasteiger partial charge in [-0.1, -0.05) is 0 Å². The molecule has 0 saturated carbocycles. The predicted molar refractivity (Wildman–Crippen MR) is 113 cm³/mol. The molecule has 2 amide bonds. The number of benzene rings is 1. The summed E-state index contributed by atoms with van der Waals surface area (Å²) in [6.45, 7) is 5.32. The predicted octanol–water partition coefficient (Wildman–Crippen LogP) is 2.06. The summed E-state index contributed by atoms with van der Waals surface area (Å²) in [5.74, 6) is -0.257. The van der Waals surface area contributed by atoms with E-state index in [1.807, 2.05) is 18.7 Å². The van der Waals surface area contributed by atoms with Gasteiger partial charge in [0.15, 0.2) is 0 Å². The Morgan fingerprint density at radius 1 is 1.16 bits per heavy atom. The number of amides is 2. The molecule has 4 rings (SSSR count). The van der Waals surface area contributed by atoms with Crippen LogP contribution in [0.15, 0.2) is 29.1 Å². The molecule has 0 N–H and O–H groups in total. The zero-order valence-electron chi connectivity index (χ0n) is 18.1. The normalized spacial score (nSPS) is 21.9. The minimum absolute atomic E-state index is 0.0145. The van der Waals surface area contributed by atoms with Crippen LogP contribution in [-0.4, -0.2) is 50.7 Å². The van der Waals surface area contributed by atoms with E-state index >= 15 is 0 Å². The quantitative estimate of drug-likeness (QED) is 0.745. The second kappa shape index (κ2) is 8.28. The number of piperidine rings is 1. The molecule has 0 spiro atoms. The fourth-order valence-electron chi connectivity index (χ4n) is 4.65. The SMILES string of the molecule is CC(C)n1c(C2CCCN(C(=O)C3CC(=O)N(c4ccc(F)cc4)C3)C2)nn(C)c1=O. The average Bonchev–Trinajstić information content (AvgIpc) is 3.28. The summed E-state index contributed by atoms with van der Waals surface area (Å²) in [6, 6.07) is 5.73. The molecule has 2 saturated heterocycles. The van der Waals surface area contributed by atoms with Gasteiger partial charge in [-0.3, -0.25) is 14.2 Å². The van der Waals surface area contributed by atoms with Gasteiger partial charge < -0.3 is 9.80 Å². The fourth-order valence-corrected chi connectivity index (χ4v) is 4.65. The minimum Gasteiger partial charge on any atom is -0.342 e. The van der Waals surface area contributed by atoms with Gasteiger partial charge in [0.1, 0.15) is 11.6 Å². The van der Waals surface area contributed by atoms with Crippen molar-refractivity contribution in [3.63, 3.8) is 0 Å². The van der Waals surface area contributed by atoms with Gasteiger partial charge in [-0.05, 0) is 51.0 Å². The molecule has 2 aliphatic heterocycles. The van der Waals surface area contributed by atoms with Gasteiger partial charge in [0.25, 0.3) is 0 Å². The topological polar surface area (TPSA) is 80.4 Å². The molecule has 2 atom stereocenters. The van der Waals surface area contributed by atoms with E-state index in [1.165, 1.54) is 16.8 Å². The van der Waals surface area contributed by atoms with Crippen molar-refractivity contribution in [1.29, 1.82) is 0 Å². The molecule has 166 valence electrons. The number of nitrogens with zero attached hydrogens (tertiary/aromatic N) is 5. The third-order valence-corrected chi connectivity index (χ3v) is 6.21. The lowest BCUT2D eigenvalue weighted by Crippen LogP contribution is -2.43. The Hall–Kier alpha value is -2.97. The van der Waals surface area contributed by atoms with Crippen LogP contribution in [-0.2, 0) is 16.6 Å². The lowest BCUT2D eigenvalue weighted by molar-refractivity contribution is -0.137. The van der Waals surface area contributed by atoms with E-state index in [9.17, 15) is 18.8 Å². The number of carbonyl (C=O) groups excluding carboxylic acids is 2. The molecule has 0 radical (unpaired) electrons. The number of halogens is 1. The summed E-state index contributed by atoms with van der Waals surface area (Å²) in [5, 5.41) is 4.45. The lowest BCUT2D eigenvalue weighted by atomic mass is 9.95. The molecule has 8 nitrogen and oxygen atoms in total. The van der Waals surface area contributed by atoms with Crippen molar-refractivity contribution in [2.75, 3.05) is 24.5 Å². The largest absolute Gasteiger partial charge is 0.345 e. The zero-order valence-corrected chi connectivity index (χ0v) is 18.1. The van der Waals surface area contributed by atoms with E-state index in [0.29, 0.717) is 25.3 Å². The van der Waals surface area contributed by atoms with Crippen molar-refractivity contribution in [2.45, 2.75) is 45.1 Å². The van der Waals surface area contributed by atoms with E-state index < -0.39 is 5.92 Å². The maximum absolute atomic E-state index is 13.2. The highest BCUT2D eigenvalue weighted by Gasteiger charge is 2.39. The standard InChI is InChI=1S/C22H28FN5O3/c1-14(2)28-20(24-25(3)22(28)31)15-5-4-10-26(12-15)21(30)16-11-19(29)27(13-16)18-8-6-17(23)7-9-18/h6-9,14-16H,4-5,10-13H2,1-3H3. The van der Waals surface area contributed by atoms with Crippen LogP contribution in [0.1, 0.15) is 50.9 Å². The second-order valence-electron chi connectivity index (χ2n) is 8.73. The first-order valence-electron chi connectivity index (χ1n) is 10.8. The molecule has 0 aliphatic carbocycles. The molecule has 31 heavy (non-hydrogen) atoms. The molecular formula is C22H28FN5O3.